The molecule has 1 aromatic carbocycles. The van der Waals surface area contributed by atoms with Gasteiger partial charge in [-0.1, -0.05) is 0 Å². The van der Waals surface area contributed by atoms with Crippen LogP contribution in [0.15, 0.2) is 30.3 Å². The van der Waals surface area contributed by atoms with E-state index in [9.17, 15) is 0 Å². The van der Waals surface area contributed by atoms with E-state index in [1.54, 1.807) is 0 Å². The second-order valence-electron chi connectivity index (χ2n) is 4.81. The zero-order valence-electron chi connectivity index (χ0n) is 13.1. The zero-order valence-corrected chi connectivity index (χ0v) is 13.1. The molecule has 0 saturated carbocycles. The lowest BCUT2D eigenvalue weighted by atomic mass is 10.2. The van der Waals surface area contributed by atoms with Gasteiger partial charge in [0.15, 0.2) is 0 Å². The van der Waals surface area contributed by atoms with Crippen molar-refractivity contribution in [3.63, 3.8) is 0 Å². The lowest BCUT2D eigenvalue weighted by molar-refractivity contribution is 0.866. The lowest BCUT2D eigenvalue weighted by Gasteiger charge is -2.21. The van der Waals surface area contributed by atoms with Gasteiger partial charge in [-0.3, -0.25) is 0 Å². The van der Waals surface area contributed by atoms with Gasteiger partial charge in [0.05, 0.1) is 0 Å². The predicted molar refractivity (Wildman–Crippen MR) is 89.6 cm³/mol. The third-order valence-corrected chi connectivity index (χ3v) is 3.35. The van der Waals surface area contributed by atoms with Crippen molar-refractivity contribution in [1.29, 1.82) is 0 Å². The highest BCUT2D eigenvalue weighted by molar-refractivity contribution is 5.61. The molecule has 0 aliphatic heterocycles. The van der Waals surface area contributed by atoms with E-state index in [0.29, 0.717) is 5.95 Å². The summed E-state index contributed by atoms with van der Waals surface area (Å²) in [7, 11) is 1.82. The average molecular weight is 285 g/mol. The number of hydrogen-bond acceptors (Lipinski definition) is 5. The van der Waals surface area contributed by atoms with Crippen LogP contribution in [-0.4, -0.2) is 30.1 Å². The molecule has 0 atom stereocenters. The molecule has 1 heterocycles. The summed E-state index contributed by atoms with van der Waals surface area (Å²) < 4.78 is 0. The van der Waals surface area contributed by atoms with Crippen LogP contribution < -0.4 is 15.5 Å². The Kier molecular flexibility index (Phi) is 4.98. The van der Waals surface area contributed by atoms with Crippen LogP contribution in [0.3, 0.4) is 0 Å². The molecule has 0 amide bonds. The summed E-state index contributed by atoms with van der Waals surface area (Å²) in [5, 5.41) is 6.28. The highest BCUT2D eigenvalue weighted by Gasteiger charge is 2.03. The fourth-order valence-corrected chi connectivity index (χ4v) is 2.24. The molecule has 112 valence electrons. The maximum absolute atomic E-state index is 4.39. The van der Waals surface area contributed by atoms with E-state index in [2.05, 4.69) is 63.6 Å². The Balaban J connectivity index is 2.15. The van der Waals surface area contributed by atoms with Crippen LogP contribution in [-0.2, 0) is 0 Å². The van der Waals surface area contributed by atoms with E-state index < -0.39 is 0 Å². The van der Waals surface area contributed by atoms with Gasteiger partial charge in [-0.2, -0.15) is 4.98 Å². The topological polar surface area (TPSA) is 53.1 Å². The van der Waals surface area contributed by atoms with Gasteiger partial charge in [0.1, 0.15) is 5.82 Å². The quantitative estimate of drug-likeness (QED) is 0.851. The van der Waals surface area contributed by atoms with Crippen LogP contribution in [0.2, 0.25) is 0 Å². The van der Waals surface area contributed by atoms with Crippen LogP contribution in [0.4, 0.5) is 23.1 Å². The van der Waals surface area contributed by atoms with Crippen molar-refractivity contribution >= 4 is 23.1 Å². The maximum Gasteiger partial charge on any atom is 0.224 e. The second-order valence-corrected chi connectivity index (χ2v) is 4.81. The molecule has 0 spiro atoms. The molecule has 1 aromatic heterocycles. The summed E-state index contributed by atoms with van der Waals surface area (Å²) in [5.74, 6) is 1.42. The number of aromatic nitrogens is 2. The Hall–Kier alpha value is -2.30. The number of benzene rings is 1. The number of nitrogens with one attached hydrogen (secondary N) is 2. The first kappa shape index (κ1) is 15.1. The number of nitrogens with zero attached hydrogens (tertiary/aromatic N) is 3. The summed E-state index contributed by atoms with van der Waals surface area (Å²) in [6, 6.07) is 10.3. The van der Waals surface area contributed by atoms with Gasteiger partial charge in [-0.05, 0) is 45.0 Å². The summed E-state index contributed by atoms with van der Waals surface area (Å²) >= 11 is 0. The fraction of sp³-hybridized carbons (Fsp3) is 0.375. The van der Waals surface area contributed by atoms with Crippen LogP contribution in [0.1, 0.15) is 19.5 Å². The zero-order chi connectivity index (χ0) is 15.2. The molecule has 0 unspecified atom stereocenters. The van der Waals surface area contributed by atoms with Crippen molar-refractivity contribution in [2.45, 2.75) is 20.8 Å². The van der Waals surface area contributed by atoms with Crippen LogP contribution in [0, 0.1) is 6.92 Å². The van der Waals surface area contributed by atoms with E-state index in [1.807, 2.05) is 20.0 Å². The molecular weight excluding hydrogens is 262 g/mol. The second kappa shape index (κ2) is 6.92. The van der Waals surface area contributed by atoms with Gasteiger partial charge >= 0.3 is 0 Å². The van der Waals surface area contributed by atoms with Gasteiger partial charge < -0.3 is 15.5 Å². The highest BCUT2D eigenvalue weighted by atomic mass is 15.1. The number of rotatable bonds is 6. The minimum Gasteiger partial charge on any atom is -0.372 e. The van der Waals surface area contributed by atoms with Crippen molar-refractivity contribution < 1.29 is 0 Å². The number of anilines is 4. The van der Waals surface area contributed by atoms with E-state index in [1.165, 1.54) is 5.69 Å². The number of hydrogen-bond donors (Lipinski definition) is 2. The molecule has 5 nitrogen and oxygen atoms in total. The lowest BCUT2D eigenvalue weighted by Crippen LogP contribution is -2.21. The minimum absolute atomic E-state index is 0.622. The Morgan fingerprint density at radius 3 is 2.29 bits per heavy atom. The predicted octanol–water partition coefficient (Wildman–Crippen LogP) is 3.42. The van der Waals surface area contributed by atoms with Gasteiger partial charge in [0, 0.05) is 43.3 Å². The van der Waals surface area contributed by atoms with Gasteiger partial charge in [0.25, 0.3) is 0 Å². The maximum atomic E-state index is 4.39. The standard InChI is InChI=1S/C16H23N5/c1-5-21(6-2)14-9-7-13(8-10-14)19-15-11-12(3)18-16(17-4)20-15/h7-11H,5-6H2,1-4H3,(H2,17,18,19,20). The summed E-state index contributed by atoms with van der Waals surface area (Å²) in [4.78, 5) is 11.0. The third-order valence-electron chi connectivity index (χ3n) is 3.35. The molecule has 0 radical (unpaired) electrons. The Morgan fingerprint density at radius 2 is 1.71 bits per heavy atom. The van der Waals surface area contributed by atoms with E-state index in [-0.39, 0.29) is 0 Å². The molecule has 5 heteroatoms. The van der Waals surface area contributed by atoms with Gasteiger partial charge in [-0.25, -0.2) is 4.98 Å². The normalized spacial score (nSPS) is 10.3. The van der Waals surface area contributed by atoms with E-state index >= 15 is 0 Å². The summed E-state index contributed by atoms with van der Waals surface area (Å²) in [5.41, 5.74) is 3.18. The van der Waals surface area contributed by atoms with Gasteiger partial charge in [0.2, 0.25) is 5.95 Å². The molecule has 0 bridgehead atoms. The Labute approximate surface area is 126 Å². The van der Waals surface area contributed by atoms with Crippen molar-refractivity contribution in [1.82, 2.24) is 9.97 Å². The van der Waals surface area contributed by atoms with Gasteiger partial charge in [-0.15, -0.1) is 0 Å². The molecule has 0 fully saturated rings. The molecule has 21 heavy (non-hydrogen) atoms. The first-order valence-electron chi connectivity index (χ1n) is 7.31. The smallest absolute Gasteiger partial charge is 0.224 e. The molecule has 0 aliphatic carbocycles. The van der Waals surface area contributed by atoms with E-state index in [4.69, 9.17) is 0 Å². The molecule has 2 aromatic rings. The van der Waals surface area contributed by atoms with Crippen molar-refractivity contribution in [2.24, 2.45) is 0 Å². The summed E-state index contributed by atoms with van der Waals surface area (Å²) in [6.07, 6.45) is 0. The number of aryl methyl sites for hydroxylation is 1. The highest BCUT2D eigenvalue weighted by Crippen LogP contribution is 2.21. The first-order chi connectivity index (χ1) is 10.2. The summed E-state index contributed by atoms with van der Waals surface area (Å²) in [6.45, 7) is 8.31. The minimum atomic E-state index is 0.622. The fourth-order valence-electron chi connectivity index (χ4n) is 2.24. The molecular formula is C16H23N5. The molecule has 2 N–H and O–H groups in total. The van der Waals surface area contributed by atoms with E-state index in [0.717, 1.165) is 30.3 Å². The molecule has 0 aliphatic rings. The SMILES string of the molecule is CCN(CC)c1ccc(Nc2cc(C)nc(NC)n2)cc1. The Morgan fingerprint density at radius 1 is 1.05 bits per heavy atom. The Bertz CT molecular complexity index is 576. The average Bonchev–Trinajstić information content (AvgIpc) is 2.49. The van der Waals surface area contributed by atoms with Crippen molar-refractivity contribution in [3.8, 4) is 0 Å². The third kappa shape index (κ3) is 3.84. The van der Waals surface area contributed by atoms with Crippen LogP contribution in [0.25, 0.3) is 0 Å². The van der Waals surface area contributed by atoms with Crippen molar-refractivity contribution in [3.05, 3.63) is 36.0 Å². The monoisotopic (exact) mass is 285 g/mol. The van der Waals surface area contributed by atoms with Crippen LogP contribution in [0.5, 0.6) is 0 Å². The van der Waals surface area contributed by atoms with Crippen LogP contribution >= 0.6 is 0 Å². The molecule has 2 rings (SSSR count). The van der Waals surface area contributed by atoms with Crippen molar-refractivity contribution in [2.75, 3.05) is 35.7 Å². The largest absolute Gasteiger partial charge is 0.372 e. The first-order valence-corrected chi connectivity index (χ1v) is 7.31. The molecule has 0 saturated heterocycles.